The third kappa shape index (κ3) is 3.79. The highest BCUT2D eigenvalue weighted by Crippen LogP contribution is 2.64. The molecule has 0 aromatic heterocycles. The van der Waals surface area contributed by atoms with Crippen molar-refractivity contribution in [2.45, 2.75) is 19.8 Å². The molecule has 0 heterocycles. The van der Waals surface area contributed by atoms with Crippen LogP contribution in [0, 0.1) is 11.3 Å². The van der Waals surface area contributed by atoms with Crippen molar-refractivity contribution in [3.8, 4) is 22.6 Å². The number of halogens is 1. The first-order chi connectivity index (χ1) is 13.9. The molecule has 0 unspecified atom stereocenters. The zero-order valence-electron chi connectivity index (χ0n) is 16.9. The lowest BCUT2D eigenvalue weighted by Gasteiger charge is -2.12. The molecule has 4 rings (SSSR count). The number of methoxy groups -OCH3 is 1. The lowest BCUT2D eigenvalue weighted by atomic mass is 9.99. The van der Waals surface area contributed by atoms with Crippen LogP contribution in [0.1, 0.15) is 25.3 Å². The summed E-state index contributed by atoms with van der Waals surface area (Å²) in [5.74, 6) is 2.11. The highest BCUT2D eigenvalue weighted by atomic mass is 35.5. The van der Waals surface area contributed by atoms with E-state index in [1.807, 2.05) is 36.4 Å². The van der Waals surface area contributed by atoms with E-state index in [9.17, 15) is 5.11 Å². The molecule has 29 heavy (non-hydrogen) atoms. The van der Waals surface area contributed by atoms with Crippen LogP contribution in [0.4, 0.5) is 5.69 Å². The summed E-state index contributed by atoms with van der Waals surface area (Å²) >= 11 is 6.15. The number of nitrogens with one attached hydrogen (secondary N) is 1. The number of ether oxygens (including phenoxy) is 1. The summed E-state index contributed by atoms with van der Waals surface area (Å²) in [4.78, 5) is 0. The fraction of sp³-hybridized carbons (Fsp3) is 0.280. The average Bonchev–Trinajstić information content (AvgIpc) is 3.27. The van der Waals surface area contributed by atoms with Crippen LogP contribution in [-0.4, -0.2) is 18.8 Å². The molecule has 4 heteroatoms. The fourth-order valence-electron chi connectivity index (χ4n) is 4.41. The second kappa shape index (κ2) is 7.64. The van der Waals surface area contributed by atoms with Crippen LogP contribution in [-0.2, 0) is 0 Å². The van der Waals surface area contributed by atoms with E-state index in [4.69, 9.17) is 16.3 Å². The maximum atomic E-state index is 10.1. The van der Waals surface area contributed by atoms with Gasteiger partial charge < -0.3 is 15.2 Å². The molecular weight excluding hydrogens is 382 g/mol. The number of benzene rings is 3. The number of rotatable bonds is 6. The van der Waals surface area contributed by atoms with Crippen molar-refractivity contribution in [2.75, 3.05) is 19.0 Å². The molecule has 0 bridgehead atoms. The number of hydrogen-bond donors (Lipinski definition) is 2. The highest BCUT2D eigenvalue weighted by Gasteiger charge is 2.57. The Morgan fingerprint density at radius 1 is 1.03 bits per heavy atom. The van der Waals surface area contributed by atoms with Crippen molar-refractivity contribution in [3.05, 3.63) is 77.3 Å². The van der Waals surface area contributed by atoms with Gasteiger partial charge in [-0.3, -0.25) is 0 Å². The average molecular weight is 408 g/mol. The molecule has 1 fully saturated rings. The van der Waals surface area contributed by atoms with Crippen molar-refractivity contribution >= 4 is 17.3 Å². The number of para-hydroxylation sites is 1. The van der Waals surface area contributed by atoms with Crippen LogP contribution < -0.4 is 10.1 Å². The topological polar surface area (TPSA) is 41.5 Å². The molecule has 3 aromatic rings. The van der Waals surface area contributed by atoms with Crippen molar-refractivity contribution < 1.29 is 9.84 Å². The van der Waals surface area contributed by atoms with Crippen molar-refractivity contribution in [2.24, 2.45) is 11.3 Å². The Bertz CT molecular complexity index is 1010. The van der Waals surface area contributed by atoms with E-state index in [2.05, 4.69) is 43.4 Å². The number of phenolic OH excluding ortho intramolecular Hbond substituents is 1. The molecule has 3 aromatic carbocycles. The van der Waals surface area contributed by atoms with Gasteiger partial charge >= 0.3 is 0 Å². The number of aromatic hydroxyl groups is 1. The van der Waals surface area contributed by atoms with Crippen molar-refractivity contribution in [3.63, 3.8) is 0 Å². The molecule has 0 aliphatic heterocycles. The monoisotopic (exact) mass is 407 g/mol. The quantitative estimate of drug-likeness (QED) is 0.485. The van der Waals surface area contributed by atoms with E-state index in [-0.39, 0.29) is 5.41 Å². The third-order valence-corrected chi connectivity index (χ3v) is 6.44. The minimum Gasteiger partial charge on any atom is -0.507 e. The van der Waals surface area contributed by atoms with E-state index in [0.29, 0.717) is 22.6 Å². The van der Waals surface area contributed by atoms with Gasteiger partial charge in [0.2, 0.25) is 0 Å². The van der Waals surface area contributed by atoms with Crippen LogP contribution in [0.15, 0.2) is 66.7 Å². The van der Waals surface area contributed by atoms with Gasteiger partial charge in [-0.15, -0.1) is 0 Å². The Labute approximate surface area is 177 Å². The minimum absolute atomic E-state index is 0.217. The molecule has 0 spiro atoms. The smallest absolute Gasteiger partial charge is 0.142 e. The van der Waals surface area contributed by atoms with Crippen molar-refractivity contribution in [1.82, 2.24) is 0 Å². The van der Waals surface area contributed by atoms with Crippen LogP contribution in [0.25, 0.3) is 11.1 Å². The summed E-state index contributed by atoms with van der Waals surface area (Å²) in [5.41, 5.74) is 4.37. The maximum Gasteiger partial charge on any atom is 0.142 e. The van der Waals surface area contributed by atoms with Gasteiger partial charge in [0.05, 0.1) is 12.8 Å². The summed E-state index contributed by atoms with van der Waals surface area (Å²) in [7, 11) is 1.67. The molecule has 2 N–H and O–H groups in total. The predicted octanol–water partition coefficient (Wildman–Crippen LogP) is 6.57. The first kappa shape index (κ1) is 19.7. The van der Waals surface area contributed by atoms with E-state index >= 15 is 0 Å². The van der Waals surface area contributed by atoms with Crippen molar-refractivity contribution in [1.29, 1.82) is 0 Å². The van der Waals surface area contributed by atoms with E-state index in [1.165, 1.54) is 5.56 Å². The summed E-state index contributed by atoms with van der Waals surface area (Å²) in [6, 6.07) is 21.7. The maximum absolute atomic E-state index is 10.1. The van der Waals surface area contributed by atoms with Crippen LogP contribution in [0.3, 0.4) is 0 Å². The number of anilines is 1. The van der Waals surface area contributed by atoms with Crippen LogP contribution >= 0.6 is 11.6 Å². The first-order valence-electron chi connectivity index (χ1n) is 9.87. The lowest BCUT2D eigenvalue weighted by Crippen LogP contribution is -2.08. The Hall–Kier alpha value is -2.65. The van der Waals surface area contributed by atoms with Crippen LogP contribution in [0.2, 0.25) is 5.02 Å². The largest absolute Gasteiger partial charge is 0.507 e. The predicted molar refractivity (Wildman–Crippen MR) is 120 cm³/mol. The molecule has 1 aliphatic rings. The Morgan fingerprint density at radius 3 is 2.45 bits per heavy atom. The Balaban J connectivity index is 1.48. The minimum atomic E-state index is 0.217. The van der Waals surface area contributed by atoms with E-state index in [0.717, 1.165) is 29.1 Å². The van der Waals surface area contributed by atoms with Gasteiger partial charge in [-0.2, -0.15) is 0 Å². The third-order valence-electron chi connectivity index (χ3n) is 6.21. The zero-order valence-corrected chi connectivity index (χ0v) is 17.7. The summed E-state index contributed by atoms with van der Waals surface area (Å²) in [5, 5.41) is 14.3. The highest BCUT2D eigenvalue weighted by molar-refractivity contribution is 6.30. The molecule has 0 amide bonds. The second-order valence-corrected chi connectivity index (χ2v) is 8.71. The van der Waals surface area contributed by atoms with E-state index < -0.39 is 0 Å². The molecule has 0 saturated heterocycles. The summed E-state index contributed by atoms with van der Waals surface area (Å²) < 4.78 is 5.44. The Morgan fingerprint density at radius 2 is 1.76 bits per heavy atom. The summed E-state index contributed by atoms with van der Waals surface area (Å²) in [6.07, 6.45) is 0. The molecule has 1 saturated carbocycles. The zero-order chi connectivity index (χ0) is 20.6. The van der Waals surface area contributed by atoms with Gasteiger partial charge in [-0.25, -0.2) is 0 Å². The molecule has 3 nitrogen and oxygen atoms in total. The number of hydrogen-bond acceptors (Lipinski definition) is 3. The molecule has 1 aliphatic carbocycles. The van der Waals surface area contributed by atoms with Gasteiger partial charge in [0.1, 0.15) is 11.5 Å². The van der Waals surface area contributed by atoms with Gasteiger partial charge in [-0.1, -0.05) is 67.9 Å². The van der Waals surface area contributed by atoms with Crippen LogP contribution in [0.5, 0.6) is 11.5 Å². The fourth-order valence-corrected chi connectivity index (χ4v) is 4.59. The molecule has 0 radical (unpaired) electrons. The van der Waals surface area contributed by atoms with Gasteiger partial charge in [0.15, 0.2) is 0 Å². The molecular formula is C25H26ClNO2. The first-order valence-corrected chi connectivity index (χ1v) is 10.3. The van der Waals surface area contributed by atoms with Gasteiger partial charge in [0, 0.05) is 17.1 Å². The standard InChI is InChI=1S/C25H26ClNO2/c1-25(2)20(15-27-21-14-18(26)12-13-23(21)29-3)24(25)17-10-8-16(9-11-17)19-6-4-5-7-22(19)28/h4-14,20,24,27-28H,15H2,1-3H3/t20-,24-/m0/s1. The normalized spacial score (nSPS) is 19.6. The molecule has 150 valence electrons. The SMILES string of the molecule is COc1ccc(Cl)cc1NC[C@H]1[C@H](c2ccc(-c3ccccc3O)cc2)C1(C)C. The Kier molecular flexibility index (Phi) is 5.18. The second-order valence-electron chi connectivity index (χ2n) is 8.27. The van der Waals surface area contributed by atoms with Gasteiger partial charge in [-0.05, 0) is 52.6 Å². The number of phenols is 1. The summed E-state index contributed by atoms with van der Waals surface area (Å²) in [6.45, 7) is 5.49. The molecule has 2 atom stereocenters. The van der Waals surface area contributed by atoms with Gasteiger partial charge in [0.25, 0.3) is 0 Å². The lowest BCUT2D eigenvalue weighted by molar-refractivity contribution is 0.416. The van der Waals surface area contributed by atoms with E-state index in [1.54, 1.807) is 13.2 Å².